The second-order valence-electron chi connectivity index (χ2n) is 12.8. The molecule has 4 aliphatic rings. The number of ether oxygens (including phenoxy) is 1. The van der Waals surface area contributed by atoms with Gasteiger partial charge in [0.05, 0.1) is 16.3 Å². The third-order valence-electron chi connectivity index (χ3n) is 10.3. The third-order valence-corrected chi connectivity index (χ3v) is 11.5. The quantitative estimate of drug-likeness (QED) is 0.195. The maximum Gasteiger partial charge on any atom is 0.256 e. The minimum absolute atomic E-state index is 0.0173. The van der Waals surface area contributed by atoms with E-state index >= 15 is 0 Å². The molecule has 0 unspecified atom stereocenters. The number of benzene rings is 7. The van der Waals surface area contributed by atoms with Crippen LogP contribution >= 0.6 is 11.8 Å². The molecule has 0 aromatic heterocycles. The fourth-order valence-corrected chi connectivity index (χ4v) is 9.75. The zero-order chi connectivity index (χ0) is 31.3. The molecule has 0 aliphatic carbocycles. The van der Waals surface area contributed by atoms with Gasteiger partial charge in [-0.2, -0.15) is 0 Å². The van der Waals surface area contributed by atoms with Crippen molar-refractivity contribution >= 4 is 92.1 Å². The molecule has 3 nitrogen and oxygen atoms in total. The Bertz CT molecular complexity index is 2280. The first-order chi connectivity index (χ1) is 23.9. The lowest BCUT2D eigenvalue weighted by molar-refractivity contribution is 0.477. The molecule has 6 heteroatoms. The lowest BCUT2D eigenvalue weighted by Gasteiger charge is -2.48. The van der Waals surface area contributed by atoms with Gasteiger partial charge < -0.3 is 14.5 Å². The van der Waals surface area contributed by atoms with E-state index in [1.807, 2.05) is 11.8 Å². The van der Waals surface area contributed by atoms with Gasteiger partial charge in [-0.05, 0) is 70.4 Å². The maximum absolute atomic E-state index is 7.17. The zero-order valence-corrected chi connectivity index (χ0v) is 26.7. The van der Waals surface area contributed by atoms with Gasteiger partial charge in [0.25, 0.3) is 6.71 Å². The van der Waals surface area contributed by atoms with Crippen molar-refractivity contribution < 1.29 is 4.74 Å². The number of nitrogens with zero attached hydrogens (tertiary/aromatic N) is 2. The van der Waals surface area contributed by atoms with Gasteiger partial charge in [-0.1, -0.05) is 126 Å². The smallest absolute Gasteiger partial charge is 0.256 e. The van der Waals surface area contributed by atoms with Crippen LogP contribution in [0.3, 0.4) is 0 Å². The number of fused-ring (bicyclic) bond motifs is 10. The third kappa shape index (κ3) is 3.48. The van der Waals surface area contributed by atoms with E-state index in [1.54, 1.807) is 0 Å². The lowest BCUT2D eigenvalue weighted by Crippen LogP contribution is -2.64. The number of rotatable bonds is 2. The molecule has 0 amide bonds. The Balaban J connectivity index is 1.36. The van der Waals surface area contributed by atoms with Crippen molar-refractivity contribution in [2.45, 2.75) is 9.79 Å². The number of hydrogen-bond acceptors (Lipinski definition) is 4. The molecule has 0 bridgehead atoms. The summed E-state index contributed by atoms with van der Waals surface area (Å²) in [5.74, 6) is 1.92. The fourth-order valence-electron chi connectivity index (χ4n) is 8.51. The van der Waals surface area contributed by atoms with E-state index in [0.717, 1.165) is 22.9 Å². The average molecular weight is 628 g/mol. The highest BCUT2D eigenvalue weighted by Crippen LogP contribution is 2.53. The molecule has 0 saturated carbocycles. The summed E-state index contributed by atoms with van der Waals surface area (Å²) < 4.78 is 7.17. The Hall–Kier alpha value is -5.58. The number of anilines is 6. The fraction of sp³-hybridized carbons (Fsp3) is 0. The molecule has 0 spiro atoms. The molecule has 0 N–H and O–H groups in total. The normalized spacial score (nSPS) is 14.2. The van der Waals surface area contributed by atoms with Crippen molar-refractivity contribution in [3.63, 3.8) is 0 Å². The largest absolute Gasteiger partial charge is 0.457 e. The van der Waals surface area contributed by atoms with Crippen molar-refractivity contribution in [3.05, 3.63) is 158 Å². The molecule has 0 atom stereocenters. The van der Waals surface area contributed by atoms with Gasteiger partial charge in [-0.25, -0.2) is 0 Å². The van der Waals surface area contributed by atoms with Gasteiger partial charge >= 0.3 is 0 Å². The molecule has 0 fully saturated rings. The summed E-state index contributed by atoms with van der Waals surface area (Å²) in [6.07, 6.45) is 0. The van der Waals surface area contributed by atoms with Gasteiger partial charge in [0.2, 0.25) is 6.71 Å². The Morgan fingerprint density at radius 1 is 0.438 bits per heavy atom. The Morgan fingerprint density at radius 3 is 1.56 bits per heavy atom. The SMILES string of the molecule is c1ccc(N2c3ccccc3B3c4ccccc4Oc4c5c6c(c2c43)N(c2ccccc2)c2ccccc2B6c2ccccc2S5)cc1. The predicted molar refractivity (Wildman–Crippen MR) is 202 cm³/mol. The molecular weight excluding hydrogens is 602 g/mol. The van der Waals surface area contributed by atoms with E-state index in [1.165, 1.54) is 65.3 Å². The predicted octanol–water partition coefficient (Wildman–Crippen LogP) is 6.86. The van der Waals surface area contributed by atoms with Crippen LogP contribution in [0.5, 0.6) is 11.5 Å². The highest BCUT2D eigenvalue weighted by atomic mass is 32.2. The van der Waals surface area contributed by atoms with E-state index < -0.39 is 0 Å². The van der Waals surface area contributed by atoms with Crippen LogP contribution < -0.4 is 47.3 Å². The Kier molecular flexibility index (Phi) is 5.50. The summed E-state index contributed by atoms with van der Waals surface area (Å²) in [4.78, 5) is 7.53. The van der Waals surface area contributed by atoms with Gasteiger partial charge in [0.1, 0.15) is 11.5 Å². The van der Waals surface area contributed by atoms with Crippen molar-refractivity contribution in [2.75, 3.05) is 9.80 Å². The molecule has 7 aromatic carbocycles. The topological polar surface area (TPSA) is 15.7 Å². The first-order valence-electron chi connectivity index (χ1n) is 16.5. The van der Waals surface area contributed by atoms with Crippen LogP contribution in [0.25, 0.3) is 0 Å². The van der Waals surface area contributed by atoms with Gasteiger partial charge in [0, 0.05) is 33.1 Å². The minimum Gasteiger partial charge on any atom is -0.457 e. The second kappa shape index (κ2) is 9.96. The van der Waals surface area contributed by atoms with E-state index in [-0.39, 0.29) is 13.4 Å². The minimum atomic E-state index is 0.0173. The maximum atomic E-state index is 7.17. The second-order valence-corrected chi connectivity index (χ2v) is 13.8. The van der Waals surface area contributed by atoms with E-state index in [0.29, 0.717) is 0 Å². The molecule has 4 heterocycles. The standard InChI is InChI=1S/C42H26B2N2OS/c1-3-15-27(16-4-1)45-33-23-11-7-19-29(33)43-31-21-9-13-25-35(31)47-41-37(43)39(45)40-38-42(41)48-36-26-14-10-22-32(36)44(38)30-20-8-12-24-34(30)46(40)28-17-5-2-6-18-28/h1-26H. The highest BCUT2D eigenvalue weighted by molar-refractivity contribution is 8.00. The summed E-state index contributed by atoms with van der Waals surface area (Å²) in [5.41, 5.74) is 14.8. The van der Waals surface area contributed by atoms with Gasteiger partial charge in [-0.15, -0.1) is 0 Å². The molecule has 222 valence electrons. The van der Waals surface area contributed by atoms with E-state index in [2.05, 4.69) is 168 Å². The average Bonchev–Trinajstić information content (AvgIpc) is 3.16. The summed E-state index contributed by atoms with van der Waals surface area (Å²) in [6.45, 7) is 0.0721. The van der Waals surface area contributed by atoms with Crippen LogP contribution in [0, 0.1) is 0 Å². The molecule has 4 aliphatic heterocycles. The number of para-hydroxylation sites is 5. The Labute approximate surface area is 284 Å². The summed E-state index contributed by atoms with van der Waals surface area (Å²) in [6, 6.07) is 57.3. The van der Waals surface area contributed by atoms with Crippen molar-refractivity contribution in [3.8, 4) is 11.5 Å². The monoisotopic (exact) mass is 628 g/mol. The lowest BCUT2D eigenvalue weighted by atomic mass is 9.31. The molecule has 7 aromatic rings. The van der Waals surface area contributed by atoms with Crippen molar-refractivity contribution in [2.24, 2.45) is 0 Å². The number of hydrogen-bond donors (Lipinski definition) is 0. The molecular formula is C42H26B2N2OS. The molecule has 48 heavy (non-hydrogen) atoms. The van der Waals surface area contributed by atoms with Crippen molar-refractivity contribution in [1.82, 2.24) is 0 Å². The molecule has 11 rings (SSSR count). The van der Waals surface area contributed by atoms with Gasteiger partial charge in [0.15, 0.2) is 0 Å². The highest BCUT2D eigenvalue weighted by Gasteiger charge is 2.51. The van der Waals surface area contributed by atoms with Crippen LogP contribution in [0.2, 0.25) is 0 Å². The van der Waals surface area contributed by atoms with Crippen LogP contribution in [0.15, 0.2) is 168 Å². The summed E-state index contributed by atoms with van der Waals surface area (Å²) >= 11 is 1.86. The zero-order valence-electron chi connectivity index (χ0n) is 25.9. The Morgan fingerprint density at radius 2 is 0.917 bits per heavy atom. The van der Waals surface area contributed by atoms with E-state index in [4.69, 9.17) is 4.74 Å². The first kappa shape index (κ1) is 26.5. The van der Waals surface area contributed by atoms with Crippen molar-refractivity contribution in [1.29, 1.82) is 0 Å². The molecule has 0 saturated heterocycles. The van der Waals surface area contributed by atoms with Crippen LogP contribution in [-0.2, 0) is 0 Å². The molecule has 0 radical (unpaired) electrons. The summed E-state index contributed by atoms with van der Waals surface area (Å²) in [5, 5.41) is 0. The van der Waals surface area contributed by atoms with Gasteiger partial charge in [-0.3, -0.25) is 0 Å². The van der Waals surface area contributed by atoms with Crippen LogP contribution in [-0.4, -0.2) is 13.4 Å². The first-order valence-corrected chi connectivity index (χ1v) is 17.3. The van der Waals surface area contributed by atoms with Crippen LogP contribution in [0.4, 0.5) is 34.1 Å². The summed E-state index contributed by atoms with van der Waals surface area (Å²) in [7, 11) is 0. The van der Waals surface area contributed by atoms with Crippen LogP contribution in [0.1, 0.15) is 0 Å². The van der Waals surface area contributed by atoms with E-state index in [9.17, 15) is 0 Å².